The SMILES string of the molecule is CCCNc1cc(N(C)c2ccc(C#N)cc2)ncn1. The molecular formula is C15H17N5. The summed E-state index contributed by atoms with van der Waals surface area (Å²) in [6, 6.07) is 11.4. The first kappa shape index (κ1) is 13.8. The van der Waals surface area contributed by atoms with E-state index in [-0.39, 0.29) is 0 Å². The van der Waals surface area contributed by atoms with Crippen molar-refractivity contribution in [3.63, 3.8) is 0 Å². The molecule has 20 heavy (non-hydrogen) atoms. The zero-order valence-corrected chi connectivity index (χ0v) is 11.7. The monoisotopic (exact) mass is 267 g/mol. The van der Waals surface area contributed by atoms with Crippen LogP contribution in [0.3, 0.4) is 0 Å². The number of nitriles is 1. The van der Waals surface area contributed by atoms with E-state index in [0.29, 0.717) is 5.56 Å². The molecule has 0 aliphatic heterocycles. The zero-order chi connectivity index (χ0) is 14.4. The lowest BCUT2D eigenvalue weighted by molar-refractivity contribution is 0.962. The van der Waals surface area contributed by atoms with Crippen LogP contribution < -0.4 is 10.2 Å². The molecule has 0 aliphatic carbocycles. The van der Waals surface area contributed by atoms with Crippen LogP contribution in [0.1, 0.15) is 18.9 Å². The van der Waals surface area contributed by atoms with E-state index in [1.807, 2.05) is 30.1 Å². The molecule has 5 nitrogen and oxygen atoms in total. The van der Waals surface area contributed by atoms with Crippen LogP contribution in [0.15, 0.2) is 36.7 Å². The lowest BCUT2D eigenvalue weighted by Gasteiger charge is -2.18. The lowest BCUT2D eigenvalue weighted by Crippen LogP contribution is -2.12. The van der Waals surface area contributed by atoms with E-state index in [9.17, 15) is 0 Å². The van der Waals surface area contributed by atoms with Gasteiger partial charge in [-0.2, -0.15) is 5.26 Å². The van der Waals surface area contributed by atoms with E-state index in [4.69, 9.17) is 5.26 Å². The predicted molar refractivity (Wildman–Crippen MR) is 80.0 cm³/mol. The van der Waals surface area contributed by atoms with Crippen molar-refractivity contribution in [1.82, 2.24) is 9.97 Å². The Labute approximate surface area is 118 Å². The first-order valence-corrected chi connectivity index (χ1v) is 6.54. The maximum Gasteiger partial charge on any atom is 0.138 e. The van der Waals surface area contributed by atoms with Gasteiger partial charge in [0.15, 0.2) is 0 Å². The number of anilines is 3. The molecular weight excluding hydrogens is 250 g/mol. The van der Waals surface area contributed by atoms with Gasteiger partial charge in [0.1, 0.15) is 18.0 Å². The molecule has 2 rings (SSSR count). The molecule has 0 amide bonds. The summed E-state index contributed by atoms with van der Waals surface area (Å²) in [5.74, 6) is 1.63. The largest absolute Gasteiger partial charge is 0.370 e. The molecule has 0 aliphatic rings. The fourth-order valence-electron chi connectivity index (χ4n) is 1.77. The van der Waals surface area contributed by atoms with Crippen LogP contribution in [0.5, 0.6) is 0 Å². The van der Waals surface area contributed by atoms with Crippen molar-refractivity contribution in [1.29, 1.82) is 5.26 Å². The number of nitrogens with one attached hydrogen (secondary N) is 1. The molecule has 1 aromatic carbocycles. The molecule has 0 bridgehead atoms. The van der Waals surface area contributed by atoms with Gasteiger partial charge in [-0.3, -0.25) is 0 Å². The van der Waals surface area contributed by atoms with Gasteiger partial charge in [-0.15, -0.1) is 0 Å². The number of nitrogens with zero attached hydrogens (tertiary/aromatic N) is 4. The minimum absolute atomic E-state index is 0.648. The fraction of sp³-hybridized carbons (Fsp3) is 0.267. The molecule has 102 valence electrons. The van der Waals surface area contributed by atoms with Crippen molar-refractivity contribution in [3.8, 4) is 6.07 Å². The van der Waals surface area contributed by atoms with Gasteiger partial charge in [0.25, 0.3) is 0 Å². The molecule has 0 saturated heterocycles. The number of benzene rings is 1. The van der Waals surface area contributed by atoms with E-state index in [1.165, 1.54) is 0 Å². The molecule has 0 spiro atoms. The van der Waals surface area contributed by atoms with Crippen LogP contribution in [0.25, 0.3) is 0 Å². The van der Waals surface area contributed by atoms with Crippen molar-refractivity contribution in [2.24, 2.45) is 0 Å². The summed E-state index contributed by atoms with van der Waals surface area (Å²) in [5.41, 5.74) is 1.62. The average molecular weight is 267 g/mol. The van der Waals surface area contributed by atoms with E-state index < -0.39 is 0 Å². The second-order valence-electron chi connectivity index (χ2n) is 4.41. The summed E-state index contributed by atoms with van der Waals surface area (Å²) in [6.45, 7) is 3.00. The first-order valence-electron chi connectivity index (χ1n) is 6.54. The maximum atomic E-state index is 8.81. The molecule has 5 heteroatoms. The maximum absolute atomic E-state index is 8.81. The second-order valence-corrected chi connectivity index (χ2v) is 4.41. The topological polar surface area (TPSA) is 64.8 Å². The summed E-state index contributed by atoms with van der Waals surface area (Å²) >= 11 is 0. The Morgan fingerprint density at radius 2 is 2.00 bits per heavy atom. The third kappa shape index (κ3) is 3.23. The Balaban J connectivity index is 2.19. The summed E-state index contributed by atoms with van der Waals surface area (Å²) in [7, 11) is 1.94. The quantitative estimate of drug-likeness (QED) is 0.902. The predicted octanol–water partition coefficient (Wildman–Crippen LogP) is 2.94. The Kier molecular flexibility index (Phi) is 4.51. The van der Waals surface area contributed by atoms with E-state index >= 15 is 0 Å². The van der Waals surface area contributed by atoms with E-state index in [0.717, 1.165) is 30.3 Å². The van der Waals surface area contributed by atoms with Gasteiger partial charge in [0.2, 0.25) is 0 Å². The van der Waals surface area contributed by atoms with Crippen molar-refractivity contribution in [3.05, 3.63) is 42.2 Å². The minimum atomic E-state index is 0.648. The van der Waals surface area contributed by atoms with Crippen molar-refractivity contribution in [2.75, 3.05) is 23.8 Å². The molecule has 1 heterocycles. The van der Waals surface area contributed by atoms with Crippen LogP contribution >= 0.6 is 0 Å². The van der Waals surface area contributed by atoms with Crippen LogP contribution in [-0.2, 0) is 0 Å². The molecule has 0 fully saturated rings. The minimum Gasteiger partial charge on any atom is -0.370 e. The molecule has 0 atom stereocenters. The fourth-order valence-corrected chi connectivity index (χ4v) is 1.77. The van der Waals surface area contributed by atoms with Crippen LogP contribution in [0.2, 0.25) is 0 Å². The third-order valence-electron chi connectivity index (χ3n) is 2.94. The Morgan fingerprint density at radius 3 is 2.65 bits per heavy atom. The molecule has 2 aromatic rings. The highest BCUT2D eigenvalue weighted by Crippen LogP contribution is 2.22. The van der Waals surface area contributed by atoms with Gasteiger partial charge < -0.3 is 10.2 Å². The molecule has 0 unspecified atom stereocenters. The van der Waals surface area contributed by atoms with Crippen LogP contribution in [-0.4, -0.2) is 23.6 Å². The second kappa shape index (κ2) is 6.53. The van der Waals surface area contributed by atoms with Crippen molar-refractivity contribution in [2.45, 2.75) is 13.3 Å². The number of aromatic nitrogens is 2. The number of hydrogen-bond donors (Lipinski definition) is 1. The van der Waals surface area contributed by atoms with Crippen LogP contribution in [0.4, 0.5) is 17.3 Å². The summed E-state index contributed by atoms with van der Waals surface area (Å²) in [4.78, 5) is 10.4. The number of hydrogen-bond acceptors (Lipinski definition) is 5. The molecule has 1 aromatic heterocycles. The number of rotatable bonds is 5. The average Bonchev–Trinajstić information content (AvgIpc) is 2.52. The van der Waals surface area contributed by atoms with E-state index in [2.05, 4.69) is 28.3 Å². The Morgan fingerprint density at radius 1 is 1.25 bits per heavy atom. The highest BCUT2D eigenvalue weighted by Gasteiger charge is 2.06. The third-order valence-corrected chi connectivity index (χ3v) is 2.94. The lowest BCUT2D eigenvalue weighted by atomic mass is 10.2. The van der Waals surface area contributed by atoms with Gasteiger partial charge in [-0.1, -0.05) is 6.92 Å². The molecule has 0 radical (unpaired) electrons. The van der Waals surface area contributed by atoms with Crippen molar-refractivity contribution < 1.29 is 0 Å². The molecule has 0 saturated carbocycles. The normalized spacial score (nSPS) is 9.85. The van der Waals surface area contributed by atoms with Crippen molar-refractivity contribution >= 4 is 17.3 Å². The van der Waals surface area contributed by atoms with Gasteiger partial charge in [0, 0.05) is 25.3 Å². The summed E-state index contributed by atoms with van der Waals surface area (Å²) < 4.78 is 0. The standard InChI is InChI=1S/C15H17N5/c1-3-8-17-14-9-15(19-11-18-14)20(2)13-6-4-12(10-16)5-7-13/h4-7,9,11H,3,8H2,1-2H3,(H,17,18,19). The van der Waals surface area contributed by atoms with Gasteiger partial charge >= 0.3 is 0 Å². The zero-order valence-electron chi connectivity index (χ0n) is 11.7. The van der Waals surface area contributed by atoms with Crippen LogP contribution in [0, 0.1) is 11.3 Å². The summed E-state index contributed by atoms with van der Waals surface area (Å²) in [6.07, 6.45) is 2.60. The summed E-state index contributed by atoms with van der Waals surface area (Å²) in [5, 5.41) is 12.0. The Bertz CT molecular complexity index is 600. The van der Waals surface area contributed by atoms with Gasteiger partial charge in [-0.05, 0) is 30.7 Å². The smallest absolute Gasteiger partial charge is 0.138 e. The first-order chi connectivity index (χ1) is 9.74. The highest BCUT2D eigenvalue weighted by molar-refractivity contribution is 5.62. The van der Waals surface area contributed by atoms with Gasteiger partial charge in [-0.25, -0.2) is 9.97 Å². The van der Waals surface area contributed by atoms with Gasteiger partial charge in [0.05, 0.1) is 11.6 Å². The molecule has 1 N–H and O–H groups in total. The Hall–Kier alpha value is -2.61. The van der Waals surface area contributed by atoms with E-state index in [1.54, 1.807) is 18.5 Å². The highest BCUT2D eigenvalue weighted by atomic mass is 15.2.